The fourth-order valence-electron chi connectivity index (χ4n) is 2.05. The lowest BCUT2D eigenvalue weighted by atomic mass is 10.0. The molecular formula is C14H23NO2. The van der Waals surface area contributed by atoms with Gasteiger partial charge in [-0.25, -0.2) is 0 Å². The van der Waals surface area contributed by atoms with E-state index in [1.807, 2.05) is 13.0 Å². The SMILES string of the molecule is C=C/C=C\C(=C/C)CC1COCCN1CCO. The topological polar surface area (TPSA) is 32.7 Å². The molecule has 0 radical (unpaired) electrons. The quantitative estimate of drug-likeness (QED) is 0.715. The second-order valence-electron chi connectivity index (χ2n) is 4.15. The third-order valence-corrected chi connectivity index (χ3v) is 3.03. The Kier molecular flexibility index (Phi) is 6.86. The van der Waals surface area contributed by atoms with Crippen molar-refractivity contribution < 1.29 is 9.84 Å². The summed E-state index contributed by atoms with van der Waals surface area (Å²) in [6, 6.07) is 0.372. The highest BCUT2D eigenvalue weighted by atomic mass is 16.5. The van der Waals surface area contributed by atoms with E-state index in [9.17, 15) is 0 Å². The van der Waals surface area contributed by atoms with Crippen molar-refractivity contribution in [3.05, 3.63) is 36.5 Å². The Morgan fingerprint density at radius 1 is 1.59 bits per heavy atom. The lowest BCUT2D eigenvalue weighted by molar-refractivity contribution is -0.0129. The predicted octanol–water partition coefficient (Wildman–Crippen LogP) is 1.76. The summed E-state index contributed by atoms with van der Waals surface area (Å²) in [6.07, 6.45) is 8.90. The van der Waals surface area contributed by atoms with Crippen LogP contribution in [0.15, 0.2) is 36.5 Å². The first-order chi connectivity index (χ1) is 8.31. The first-order valence-electron chi connectivity index (χ1n) is 6.18. The number of ether oxygens (including phenoxy) is 1. The van der Waals surface area contributed by atoms with E-state index >= 15 is 0 Å². The van der Waals surface area contributed by atoms with Crippen molar-refractivity contribution in [2.75, 3.05) is 32.9 Å². The van der Waals surface area contributed by atoms with Crippen LogP contribution >= 0.6 is 0 Å². The molecule has 0 aliphatic carbocycles. The number of allylic oxidation sites excluding steroid dienone is 4. The molecule has 1 fully saturated rings. The normalized spacial score (nSPS) is 23.2. The minimum atomic E-state index is 0.212. The van der Waals surface area contributed by atoms with E-state index in [1.54, 1.807) is 6.08 Å². The summed E-state index contributed by atoms with van der Waals surface area (Å²) in [4.78, 5) is 2.30. The van der Waals surface area contributed by atoms with Crippen LogP contribution in [0.3, 0.4) is 0 Å². The summed E-state index contributed by atoms with van der Waals surface area (Å²) in [5, 5.41) is 9.04. The van der Waals surface area contributed by atoms with Crippen molar-refractivity contribution in [1.29, 1.82) is 0 Å². The monoisotopic (exact) mass is 237 g/mol. The molecule has 0 aromatic carbocycles. The summed E-state index contributed by atoms with van der Waals surface area (Å²) in [7, 11) is 0. The smallest absolute Gasteiger partial charge is 0.0625 e. The Labute approximate surface area is 104 Å². The molecule has 0 aromatic rings. The average molecular weight is 237 g/mol. The Morgan fingerprint density at radius 2 is 2.41 bits per heavy atom. The Morgan fingerprint density at radius 3 is 3.06 bits per heavy atom. The van der Waals surface area contributed by atoms with Crippen molar-refractivity contribution in [3.63, 3.8) is 0 Å². The molecule has 3 heteroatoms. The minimum absolute atomic E-state index is 0.212. The van der Waals surface area contributed by atoms with Gasteiger partial charge in [0.15, 0.2) is 0 Å². The maximum absolute atomic E-state index is 9.04. The van der Waals surface area contributed by atoms with Crippen LogP contribution in [0.25, 0.3) is 0 Å². The zero-order valence-corrected chi connectivity index (χ0v) is 10.6. The molecule has 0 bridgehead atoms. The summed E-state index contributed by atoms with van der Waals surface area (Å²) in [5.41, 5.74) is 1.28. The fraction of sp³-hybridized carbons (Fsp3) is 0.571. The molecule has 0 aromatic heterocycles. The van der Waals surface area contributed by atoms with Crippen molar-refractivity contribution in [2.45, 2.75) is 19.4 Å². The third-order valence-electron chi connectivity index (χ3n) is 3.03. The number of aliphatic hydroxyl groups is 1. The zero-order valence-electron chi connectivity index (χ0n) is 10.6. The van der Waals surface area contributed by atoms with Gasteiger partial charge in [-0.3, -0.25) is 4.90 Å². The molecule has 1 heterocycles. The number of hydrogen-bond acceptors (Lipinski definition) is 3. The maximum atomic E-state index is 9.04. The summed E-state index contributed by atoms with van der Waals surface area (Å²) < 4.78 is 5.51. The van der Waals surface area contributed by atoms with Crippen LogP contribution in [-0.2, 0) is 4.74 Å². The summed E-state index contributed by atoms with van der Waals surface area (Å²) in [6.45, 7) is 9.09. The molecule has 1 saturated heterocycles. The van der Waals surface area contributed by atoms with E-state index in [0.717, 1.165) is 32.7 Å². The predicted molar refractivity (Wildman–Crippen MR) is 71.0 cm³/mol. The van der Waals surface area contributed by atoms with Gasteiger partial charge in [-0.15, -0.1) is 0 Å². The highest BCUT2D eigenvalue weighted by Gasteiger charge is 2.22. The molecule has 0 amide bonds. The highest BCUT2D eigenvalue weighted by Crippen LogP contribution is 2.16. The number of nitrogens with zero attached hydrogens (tertiary/aromatic N) is 1. The number of β-amino-alcohol motifs (C(OH)–C–C–N with tert-alkyl or cyclic N) is 1. The van der Waals surface area contributed by atoms with Gasteiger partial charge in [0.2, 0.25) is 0 Å². The molecule has 17 heavy (non-hydrogen) atoms. The third kappa shape index (κ3) is 4.86. The molecule has 0 spiro atoms. The molecule has 1 N–H and O–H groups in total. The molecule has 1 unspecified atom stereocenters. The first kappa shape index (κ1) is 14.2. The van der Waals surface area contributed by atoms with E-state index in [-0.39, 0.29) is 6.61 Å². The number of hydrogen-bond donors (Lipinski definition) is 1. The van der Waals surface area contributed by atoms with Crippen LogP contribution in [0.5, 0.6) is 0 Å². The molecule has 0 saturated carbocycles. The first-order valence-corrected chi connectivity index (χ1v) is 6.18. The van der Waals surface area contributed by atoms with Gasteiger partial charge in [0.05, 0.1) is 19.8 Å². The maximum Gasteiger partial charge on any atom is 0.0625 e. The van der Waals surface area contributed by atoms with Crippen LogP contribution < -0.4 is 0 Å². The van der Waals surface area contributed by atoms with E-state index in [2.05, 4.69) is 23.6 Å². The van der Waals surface area contributed by atoms with Gasteiger partial charge in [-0.1, -0.05) is 36.5 Å². The molecule has 1 atom stereocenters. The number of rotatable bonds is 6. The zero-order chi connectivity index (χ0) is 12.5. The average Bonchev–Trinajstić information content (AvgIpc) is 2.36. The van der Waals surface area contributed by atoms with Crippen LogP contribution in [-0.4, -0.2) is 49.0 Å². The number of morpholine rings is 1. The van der Waals surface area contributed by atoms with Crippen molar-refractivity contribution in [1.82, 2.24) is 4.90 Å². The van der Waals surface area contributed by atoms with Gasteiger partial charge in [-0.2, -0.15) is 0 Å². The Balaban J connectivity index is 2.56. The van der Waals surface area contributed by atoms with Gasteiger partial charge in [0.25, 0.3) is 0 Å². The van der Waals surface area contributed by atoms with Gasteiger partial charge in [0, 0.05) is 19.1 Å². The fourth-order valence-corrected chi connectivity index (χ4v) is 2.05. The van der Waals surface area contributed by atoms with Gasteiger partial charge in [0.1, 0.15) is 0 Å². The van der Waals surface area contributed by atoms with Crippen molar-refractivity contribution >= 4 is 0 Å². The van der Waals surface area contributed by atoms with Gasteiger partial charge in [-0.05, 0) is 13.3 Å². The lowest BCUT2D eigenvalue weighted by Crippen LogP contribution is -2.46. The van der Waals surface area contributed by atoms with Gasteiger partial charge >= 0.3 is 0 Å². The second kappa shape index (κ2) is 8.23. The van der Waals surface area contributed by atoms with E-state index in [4.69, 9.17) is 9.84 Å². The van der Waals surface area contributed by atoms with E-state index < -0.39 is 0 Å². The molecule has 1 rings (SSSR count). The molecule has 96 valence electrons. The Bertz CT molecular complexity index is 282. The van der Waals surface area contributed by atoms with Crippen LogP contribution in [0.2, 0.25) is 0 Å². The molecular weight excluding hydrogens is 214 g/mol. The standard InChI is InChI=1S/C14H23NO2/c1-3-5-6-13(4-2)11-14-12-17-10-8-15(14)7-9-16/h3-6,14,16H,1,7-12H2,2H3/b6-5-,13-4+. The van der Waals surface area contributed by atoms with Crippen LogP contribution in [0.4, 0.5) is 0 Å². The lowest BCUT2D eigenvalue weighted by Gasteiger charge is -2.35. The highest BCUT2D eigenvalue weighted by molar-refractivity contribution is 5.22. The second-order valence-corrected chi connectivity index (χ2v) is 4.15. The summed E-state index contributed by atoms with van der Waals surface area (Å²) >= 11 is 0. The van der Waals surface area contributed by atoms with E-state index in [1.165, 1.54) is 5.57 Å². The van der Waals surface area contributed by atoms with Crippen molar-refractivity contribution in [2.24, 2.45) is 0 Å². The van der Waals surface area contributed by atoms with Crippen LogP contribution in [0, 0.1) is 0 Å². The molecule has 3 nitrogen and oxygen atoms in total. The largest absolute Gasteiger partial charge is 0.395 e. The molecule has 1 aliphatic rings. The minimum Gasteiger partial charge on any atom is -0.395 e. The van der Waals surface area contributed by atoms with Crippen LogP contribution in [0.1, 0.15) is 13.3 Å². The Hall–Kier alpha value is -0.900. The van der Waals surface area contributed by atoms with Gasteiger partial charge < -0.3 is 9.84 Å². The van der Waals surface area contributed by atoms with Crippen molar-refractivity contribution in [3.8, 4) is 0 Å². The number of aliphatic hydroxyl groups excluding tert-OH is 1. The van der Waals surface area contributed by atoms with E-state index in [0.29, 0.717) is 6.04 Å². The summed E-state index contributed by atoms with van der Waals surface area (Å²) in [5.74, 6) is 0. The molecule has 1 aliphatic heterocycles.